The first-order chi connectivity index (χ1) is 9.19. The average Bonchev–Trinajstić information content (AvgIpc) is 2.78. The molecule has 104 valence electrons. The fourth-order valence-electron chi connectivity index (χ4n) is 1.97. The van der Waals surface area contributed by atoms with E-state index in [2.05, 4.69) is 25.8 Å². The normalized spacial score (nSPS) is 12.8. The second-order valence-electron chi connectivity index (χ2n) is 4.14. The Morgan fingerprint density at radius 2 is 2.26 bits per heavy atom. The summed E-state index contributed by atoms with van der Waals surface area (Å²) in [4.78, 5) is 12.9. The van der Waals surface area contributed by atoms with E-state index in [1.165, 1.54) is 6.33 Å². The van der Waals surface area contributed by atoms with Crippen molar-refractivity contribution < 1.29 is 4.74 Å². The minimum absolute atomic E-state index is 0.173. The number of fused-ring (bicyclic) bond motifs is 1. The van der Waals surface area contributed by atoms with Gasteiger partial charge in [-0.3, -0.25) is 0 Å². The molecule has 0 radical (unpaired) electrons. The molecule has 7 heteroatoms. The van der Waals surface area contributed by atoms with Crippen LogP contribution in [0, 0.1) is 0 Å². The highest BCUT2D eigenvalue weighted by Gasteiger charge is 2.18. The molecule has 0 spiro atoms. The summed E-state index contributed by atoms with van der Waals surface area (Å²) in [6.45, 7) is 2.76. The maximum atomic E-state index is 6.21. The van der Waals surface area contributed by atoms with Gasteiger partial charge in [-0.25, -0.2) is 9.97 Å². The molecular weight excluding hydrogens is 284 g/mol. The van der Waals surface area contributed by atoms with E-state index in [4.69, 9.17) is 16.3 Å². The van der Waals surface area contributed by atoms with Crippen molar-refractivity contribution in [1.29, 1.82) is 0 Å². The molecule has 2 heterocycles. The van der Waals surface area contributed by atoms with Crippen LogP contribution in [0.5, 0.6) is 5.88 Å². The Balaban J connectivity index is 2.48. The fourth-order valence-corrected chi connectivity index (χ4v) is 2.56. The van der Waals surface area contributed by atoms with Crippen molar-refractivity contribution in [3.8, 4) is 5.88 Å². The molecule has 19 heavy (non-hydrogen) atoms. The molecule has 0 aliphatic carbocycles. The SMILES string of the molecule is COc1ncnc2c1nc(C(C)Cl)n2CCCSC. The lowest BCUT2D eigenvalue weighted by atomic mass is 10.4. The predicted octanol–water partition coefficient (Wildman–Crippen LogP) is 2.89. The second-order valence-corrected chi connectivity index (χ2v) is 5.78. The van der Waals surface area contributed by atoms with Gasteiger partial charge in [0.15, 0.2) is 11.2 Å². The summed E-state index contributed by atoms with van der Waals surface area (Å²) in [7, 11) is 1.58. The number of hydrogen-bond acceptors (Lipinski definition) is 5. The smallest absolute Gasteiger partial charge is 0.245 e. The lowest BCUT2D eigenvalue weighted by Gasteiger charge is -2.09. The summed E-state index contributed by atoms with van der Waals surface area (Å²) in [5, 5.41) is -0.173. The van der Waals surface area contributed by atoms with Gasteiger partial charge < -0.3 is 9.30 Å². The Kier molecular flexibility index (Phi) is 4.87. The summed E-state index contributed by atoms with van der Waals surface area (Å²) in [5.41, 5.74) is 1.46. The van der Waals surface area contributed by atoms with Crippen LogP contribution in [-0.2, 0) is 6.54 Å². The van der Waals surface area contributed by atoms with Crippen LogP contribution in [0.1, 0.15) is 24.5 Å². The monoisotopic (exact) mass is 300 g/mol. The second kappa shape index (κ2) is 6.43. The molecule has 0 aliphatic rings. The third-order valence-electron chi connectivity index (χ3n) is 2.81. The lowest BCUT2D eigenvalue weighted by Crippen LogP contribution is -2.06. The third-order valence-corrected chi connectivity index (χ3v) is 3.70. The van der Waals surface area contributed by atoms with E-state index in [1.807, 2.05) is 18.7 Å². The number of nitrogens with zero attached hydrogens (tertiary/aromatic N) is 4. The van der Waals surface area contributed by atoms with Gasteiger partial charge in [-0.1, -0.05) is 0 Å². The quantitative estimate of drug-likeness (QED) is 0.606. The zero-order valence-corrected chi connectivity index (χ0v) is 12.8. The molecule has 0 saturated carbocycles. The van der Waals surface area contributed by atoms with Gasteiger partial charge in [0.1, 0.15) is 12.2 Å². The highest BCUT2D eigenvalue weighted by atomic mass is 35.5. The van der Waals surface area contributed by atoms with Gasteiger partial charge in [-0.05, 0) is 25.4 Å². The summed E-state index contributed by atoms with van der Waals surface area (Å²) in [6.07, 6.45) is 4.65. The number of halogens is 1. The van der Waals surface area contributed by atoms with Gasteiger partial charge >= 0.3 is 0 Å². The standard InChI is InChI=1S/C12H17ClN4OS/c1-8(13)10-16-9-11(14-7-15-12(9)18-2)17(10)5-4-6-19-3/h7-8H,4-6H2,1-3H3. The van der Waals surface area contributed by atoms with E-state index < -0.39 is 0 Å². The number of imidazole rings is 1. The number of alkyl halides is 1. The first-order valence-corrected chi connectivity index (χ1v) is 7.90. The van der Waals surface area contributed by atoms with Crippen molar-refractivity contribution >= 4 is 34.5 Å². The highest BCUT2D eigenvalue weighted by Crippen LogP contribution is 2.27. The number of hydrogen-bond donors (Lipinski definition) is 0. The van der Waals surface area contributed by atoms with Crippen LogP contribution in [0.25, 0.3) is 11.2 Å². The Bertz CT molecular complexity index is 558. The molecule has 0 N–H and O–H groups in total. The molecule has 2 aromatic heterocycles. The Morgan fingerprint density at radius 3 is 2.89 bits per heavy atom. The maximum absolute atomic E-state index is 6.21. The predicted molar refractivity (Wildman–Crippen MR) is 79.1 cm³/mol. The summed E-state index contributed by atoms with van der Waals surface area (Å²) in [6, 6.07) is 0. The van der Waals surface area contributed by atoms with Gasteiger partial charge in [0.2, 0.25) is 5.88 Å². The Labute approximate surface area is 121 Å². The Hall–Kier alpha value is -1.01. The number of thioether (sulfide) groups is 1. The van der Waals surface area contributed by atoms with Crippen LogP contribution in [0.2, 0.25) is 0 Å². The molecule has 0 saturated heterocycles. The first kappa shape index (κ1) is 14.4. The molecule has 2 rings (SSSR count). The molecule has 5 nitrogen and oxygen atoms in total. The molecule has 0 amide bonds. The van der Waals surface area contributed by atoms with E-state index in [-0.39, 0.29) is 5.38 Å². The number of aromatic nitrogens is 4. The van der Waals surface area contributed by atoms with Crippen molar-refractivity contribution in [3.05, 3.63) is 12.2 Å². The minimum Gasteiger partial charge on any atom is -0.479 e. The molecule has 0 bridgehead atoms. The van der Waals surface area contributed by atoms with Crippen molar-refractivity contribution in [2.45, 2.75) is 25.3 Å². The van der Waals surface area contributed by atoms with Crippen LogP contribution in [0.4, 0.5) is 0 Å². The number of aryl methyl sites for hydroxylation is 1. The van der Waals surface area contributed by atoms with E-state index in [1.54, 1.807) is 7.11 Å². The Morgan fingerprint density at radius 1 is 1.47 bits per heavy atom. The van der Waals surface area contributed by atoms with Crippen molar-refractivity contribution in [1.82, 2.24) is 19.5 Å². The van der Waals surface area contributed by atoms with Gasteiger partial charge in [0, 0.05) is 6.54 Å². The van der Waals surface area contributed by atoms with Crippen molar-refractivity contribution in [2.75, 3.05) is 19.1 Å². The van der Waals surface area contributed by atoms with Gasteiger partial charge in [0.05, 0.1) is 12.5 Å². The fraction of sp³-hybridized carbons (Fsp3) is 0.583. The molecule has 0 aliphatic heterocycles. The van der Waals surface area contributed by atoms with Crippen molar-refractivity contribution in [3.63, 3.8) is 0 Å². The van der Waals surface area contributed by atoms with Crippen LogP contribution in [-0.4, -0.2) is 38.6 Å². The van der Waals surface area contributed by atoms with E-state index in [0.29, 0.717) is 11.4 Å². The molecule has 0 aromatic carbocycles. The number of rotatable bonds is 6. The molecule has 1 atom stereocenters. The zero-order chi connectivity index (χ0) is 13.8. The maximum Gasteiger partial charge on any atom is 0.245 e. The van der Waals surface area contributed by atoms with E-state index in [9.17, 15) is 0 Å². The summed E-state index contributed by atoms with van der Waals surface area (Å²) in [5.74, 6) is 2.40. The molecular formula is C12H17ClN4OS. The minimum atomic E-state index is -0.173. The third kappa shape index (κ3) is 2.95. The largest absolute Gasteiger partial charge is 0.479 e. The van der Waals surface area contributed by atoms with E-state index >= 15 is 0 Å². The summed E-state index contributed by atoms with van der Waals surface area (Å²) >= 11 is 8.04. The average molecular weight is 301 g/mol. The molecule has 1 unspecified atom stereocenters. The first-order valence-electron chi connectivity index (χ1n) is 6.07. The zero-order valence-electron chi connectivity index (χ0n) is 11.3. The lowest BCUT2D eigenvalue weighted by molar-refractivity contribution is 0.401. The van der Waals surface area contributed by atoms with Crippen LogP contribution in [0.15, 0.2) is 6.33 Å². The van der Waals surface area contributed by atoms with Gasteiger partial charge in [0.25, 0.3) is 0 Å². The number of methoxy groups -OCH3 is 1. The summed E-state index contributed by atoms with van der Waals surface area (Å²) < 4.78 is 7.29. The highest BCUT2D eigenvalue weighted by molar-refractivity contribution is 7.98. The van der Waals surface area contributed by atoms with E-state index in [0.717, 1.165) is 30.2 Å². The topological polar surface area (TPSA) is 52.8 Å². The van der Waals surface area contributed by atoms with Crippen LogP contribution >= 0.6 is 23.4 Å². The number of ether oxygens (including phenoxy) is 1. The molecule has 0 fully saturated rings. The van der Waals surface area contributed by atoms with Crippen LogP contribution in [0.3, 0.4) is 0 Å². The van der Waals surface area contributed by atoms with Crippen LogP contribution < -0.4 is 4.74 Å². The van der Waals surface area contributed by atoms with Crippen molar-refractivity contribution in [2.24, 2.45) is 0 Å². The molecule has 2 aromatic rings. The van der Waals surface area contributed by atoms with Gasteiger partial charge in [-0.15, -0.1) is 11.6 Å². The van der Waals surface area contributed by atoms with Gasteiger partial charge in [-0.2, -0.15) is 16.7 Å².